The van der Waals surface area contributed by atoms with Crippen LogP contribution >= 0.6 is 0 Å². The Bertz CT molecular complexity index is 410. The molecule has 1 aromatic carbocycles. The van der Waals surface area contributed by atoms with E-state index in [1.807, 2.05) is 0 Å². The molecule has 18 heavy (non-hydrogen) atoms. The molecule has 1 aromatic rings. The van der Waals surface area contributed by atoms with Crippen LogP contribution in [-0.2, 0) is 25.7 Å². The second-order valence-electron chi connectivity index (χ2n) is 3.70. The summed E-state index contributed by atoms with van der Waals surface area (Å²) in [6.45, 7) is 1.56. The summed E-state index contributed by atoms with van der Waals surface area (Å²) in [6.07, 6.45) is 0. The summed E-state index contributed by atoms with van der Waals surface area (Å²) in [5, 5.41) is 0. The van der Waals surface area contributed by atoms with Crippen molar-refractivity contribution in [3.05, 3.63) is 29.8 Å². The lowest BCUT2D eigenvalue weighted by molar-refractivity contribution is -0.160. The molecular weight excluding hydrogens is 236 g/mol. The number of carbonyl (C=O) groups excluding carboxylic acids is 2. The van der Waals surface area contributed by atoms with Crippen LogP contribution in [-0.4, -0.2) is 26.2 Å². The zero-order valence-electron chi connectivity index (χ0n) is 10.6. The van der Waals surface area contributed by atoms with E-state index >= 15 is 0 Å². The molecule has 0 heterocycles. The molecule has 0 N–H and O–H groups in total. The van der Waals surface area contributed by atoms with Gasteiger partial charge in [-0.25, -0.2) is 0 Å². The molecule has 0 aliphatic carbocycles. The average molecular weight is 252 g/mol. The van der Waals surface area contributed by atoms with Crippen LogP contribution in [0.15, 0.2) is 24.3 Å². The van der Waals surface area contributed by atoms with Gasteiger partial charge in [-0.05, 0) is 24.6 Å². The first-order valence-electron chi connectivity index (χ1n) is 5.46. The third kappa shape index (κ3) is 3.76. The Morgan fingerprint density at radius 1 is 1.11 bits per heavy atom. The van der Waals surface area contributed by atoms with Crippen molar-refractivity contribution in [1.29, 1.82) is 0 Å². The molecule has 0 radical (unpaired) electrons. The molecule has 0 bridgehead atoms. The number of esters is 2. The number of methoxy groups -OCH3 is 2. The topological polar surface area (TPSA) is 61.8 Å². The molecule has 5 nitrogen and oxygen atoms in total. The summed E-state index contributed by atoms with van der Waals surface area (Å²) in [5.41, 5.74) is 0.821. The van der Waals surface area contributed by atoms with Crippen molar-refractivity contribution in [3.8, 4) is 5.75 Å². The Balaban J connectivity index is 2.49. The number of rotatable bonds is 5. The van der Waals surface area contributed by atoms with Gasteiger partial charge in [0.1, 0.15) is 12.4 Å². The van der Waals surface area contributed by atoms with Crippen LogP contribution in [0.5, 0.6) is 5.75 Å². The summed E-state index contributed by atoms with van der Waals surface area (Å²) in [7, 11) is 2.81. The normalized spacial score (nSPS) is 11.5. The van der Waals surface area contributed by atoms with Crippen molar-refractivity contribution >= 4 is 11.9 Å². The lowest BCUT2D eigenvalue weighted by atomic mass is 10.2. The zero-order chi connectivity index (χ0) is 13.5. The molecule has 0 saturated carbocycles. The van der Waals surface area contributed by atoms with E-state index in [0.717, 1.165) is 11.3 Å². The van der Waals surface area contributed by atoms with Gasteiger partial charge in [0.2, 0.25) is 0 Å². The van der Waals surface area contributed by atoms with E-state index < -0.39 is 17.9 Å². The van der Waals surface area contributed by atoms with Gasteiger partial charge in [-0.1, -0.05) is 12.1 Å². The zero-order valence-corrected chi connectivity index (χ0v) is 10.6. The molecule has 5 heteroatoms. The van der Waals surface area contributed by atoms with Gasteiger partial charge in [-0.3, -0.25) is 9.59 Å². The minimum atomic E-state index is -0.909. The number of ether oxygens (including phenoxy) is 3. The van der Waals surface area contributed by atoms with Crippen LogP contribution in [0.25, 0.3) is 0 Å². The van der Waals surface area contributed by atoms with E-state index in [4.69, 9.17) is 9.47 Å². The van der Waals surface area contributed by atoms with Crippen LogP contribution in [0.3, 0.4) is 0 Å². The summed E-state index contributed by atoms with van der Waals surface area (Å²) in [6, 6.07) is 7.11. The molecule has 0 spiro atoms. The maximum absolute atomic E-state index is 11.5. The van der Waals surface area contributed by atoms with E-state index in [2.05, 4.69) is 4.74 Å². The second kappa shape index (κ2) is 6.64. The van der Waals surface area contributed by atoms with E-state index in [0.29, 0.717) is 0 Å². The smallest absolute Gasteiger partial charge is 0.320 e. The maximum Gasteiger partial charge on any atom is 0.320 e. The first kappa shape index (κ1) is 14.0. The predicted molar refractivity (Wildman–Crippen MR) is 64.0 cm³/mol. The van der Waals surface area contributed by atoms with Crippen molar-refractivity contribution in [3.63, 3.8) is 0 Å². The molecule has 0 aliphatic heterocycles. The van der Waals surface area contributed by atoms with Crippen molar-refractivity contribution in [2.75, 3.05) is 14.2 Å². The SMILES string of the molecule is COC(=O)C(C)C(=O)OCc1ccc(OC)cc1. The molecule has 0 saturated heterocycles. The van der Waals surface area contributed by atoms with Crippen molar-refractivity contribution < 1.29 is 23.8 Å². The van der Waals surface area contributed by atoms with Crippen molar-refractivity contribution in [1.82, 2.24) is 0 Å². The average Bonchev–Trinajstić information content (AvgIpc) is 2.43. The van der Waals surface area contributed by atoms with Gasteiger partial charge in [0, 0.05) is 0 Å². The van der Waals surface area contributed by atoms with Crippen molar-refractivity contribution in [2.24, 2.45) is 5.92 Å². The summed E-state index contributed by atoms with van der Waals surface area (Å²) in [5.74, 6) is -1.38. The molecule has 0 fully saturated rings. The first-order chi connectivity index (χ1) is 8.58. The standard InChI is InChI=1S/C13H16O5/c1-9(12(14)17-3)13(15)18-8-10-4-6-11(16-2)7-5-10/h4-7,9H,8H2,1-3H3. The number of hydrogen-bond acceptors (Lipinski definition) is 5. The fraction of sp³-hybridized carbons (Fsp3) is 0.385. The van der Waals surface area contributed by atoms with E-state index in [-0.39, 0.29) is 6.61 Å². The molecule has 1 atom stereocenters. The van der Waals surface area contributed by atoms with E-state index in [1.54, 1.807) is 31.4 Å². The van der Waals surface area contributed by atoms with Gasteiger partial charge in [0.25, 0.3) is 0 Å². The van der Waals surface area contributed by atoms with E-state index in [1.165, 1.54) is 14.0 Å². The van der Waals surface area contributed by atoms with Crippen LogP contribution in [0.2, 0.25) is 0 Å². The van der Waals surface area contributed by atoms with Crippen LogP contribution < -0.4 is 4.74 Å². The van der Waals surface area contributed by atoms with Crippen molar-refractivity contribution in [2.45, 2.75) is 13.5 Å². The highest BCUT2D eigenvalue weighted by molar-refractivity contribution is 5.94. The highest BCUT2D eigenvalue weighted by Gasteiger charge is 2.23. The third-order valence-electron chi connectivity index (χ3n) is 2.45. The highest BCUT2D eigenvalue weighted by atomic mass is 16.5. The van der Waals surface area contributed by atoms with Crippen LogP contribution in [0, 0.1) is 5.92 Å². The first-order valence-corrected chi connectivity index (χ1v) is 5.46. The lowest BCUT2D eigenvalue weighted by Crippen LogP contribution is -2.24. The van der Waals surface area contributed by atoms with E-state index in [9.17, 15) is 9.59 Å². The molecule has 1 rings (SSSR count). The Hall–Kier alpha value is -2.04. The Morgan fingerprint density at radius 3 is 2.22 bits per heavy atom. The monoisotopic (exact) mass is 252 g/mol. The summed E-state index contributed by atoms with van der Waals surface area (Å²) < 4.78 is 14.5. The minimum Gasteiger partial charge on any atom is -0.497 e. The molecule has 98 valence electrons. The third-order valence-corrected chi connectivity index (χ3v) is 2.45. The lowest BCUT2D eigenvalue weighted by Gasteiger charge is -2.09. The second-order valence-corrected chi connectivity index (χ2v) is 3.70. The van der Waals surface area contributed by atoms with Gasteiger partial charge in [0.05, 0.1) is 14.2 Å². The van der Waals surface area contributed by atoms with Gasteiger partial charge >= 0.3 is 11.9 Å². The minimum absolute atomic E-state index is 0.115. The molecule has 0 amide bonds. The highest BCUT2D eigenvalue weighted by Crippen LogP contribution is 2.12. The Labute approximate surface area is 106 Å². The maximum atomic E-state index is 11.5. The van der Waals surface area contributed by atoms with Crippen LogP contribution in [0.4, 0.5) is 0 Å². The van der Waals surface area contributed by atoms with Gasteiger partial charge in [-0.15, -0.1) is 0 Å². The Kier molecular flexibility index (Phi) is 5.17. The molecule has 1 unspecified atom stereocenters. The number of benzene rings is 1. The number of hydrogen-bond donors (Lipinski definition) is 0. The fourth-order valence-corrected chi connectivity index (χ4v) is 1.27. The Morgan fingerprint density at radius 2 is 1.72 bits per heavy atom. The largest absolute Gasteiger partial charge is 0.497 e. The molecule has 0 aliphatic rings. The van der Waals surface area contributed by atoms with Gasteiger partial charge in [-0.2, -0.15) is 0 Å². The fourth-order valence-electron chi connectivity index (χ4n) is 1.27. The number of carbonyl (C=O) groups is 2. The summed E-state index contributed by atoms with van der Waals surface area (Å²) in [4.78, 5) is 22.6. The predicted octanol–water partition coefficient (Wildman–Crippen LogP) is 1.55. The molecule has 0 aromatic heterocycles. The quantitative estimate of drug-likeness (QED) is 0.587. The molecular formula is C13H16O5. The van der Waals surface area contributed by atoms with Crippen LogP contribution in [0.1, 0.15) is 12.5 Å². The summed E-state index contributed by atoms with van der Waals surface area (Å²) >= 11 is 0. The van der Waals surface area contributed by atoms with Gasteiger partial charge in [0.15, 0.2) is 5.92 Å². The van der Waals surface area contributed by atoms with Gasteiger partial charge < -0.3 is 14.2 Å².